The number of aliphatic carboxylic acids is 1. The molecular weight excluding hydrogens is 316 g/mol. The van der Waals surface area contributed by atoms with Crippen LogP contribution in [-0.4, -0.2) is 19.5 Å². The van der Waals surface area contributed by atoms with E-state index in [9.17, 15) is 18.3 Å². The van der Waals surface area contributed by atoms with Crippen LogP contribution in [0.15, 0.2) is 53.4 Å². The molecule has 0 saturated heterocycles. The van der Waals surface area contributed by atoms with Crippen LogP contribution in [0.5, 0.6) is 0 Å². The van der Waals surface area contributed by atoms with E-state index in [-0.39, 0.29) is 10.5 Å². The highest BCUT2D eigenvalue weighted by atomic mass is 32.2. The zero-order valence-corrected chi connectivity index (χ0v) is 13.9. The Bertz CT molecular complexity index is 824. The van der Waals surface area contributed by atoms with Gasteiger partial charge in [-0.25, -0.2) is 8.98 Å². The first-order valence-corrected chi connectivity index (χ1v) is 8.39. The molecule has 2 aromatic carbocycles. The molecule has 0 amide bonds. The van der Waals surface area contributed by atoms with Gasteiger partial charge in [0.25, 0.3) is 10.1 Å². The molecule has 0 aliphatic heterocycles. The molecule has 0 aliphatic rings. The third-order valence-electron chi connectivity index (χ3n) is 3.65. The van der Waals surface area contributed by atoms with Crippen LogP contribution in [0.4, 0.5) is 0 Å². The fourth-order valence-corrected chi connectivity index (χ4v) is 3.58. The lowest BCUT2D eigenvalue weighted by atomic mass is 9.95. The Hall–Kier alpha value is -2.18. The normalized spacial score (nSPS) is 14.2. The molecule has 5 nitrogen and oxygen atoms in total. The van der Waals surface area contributed by atoms with Crippen molar-refractivity contribution in [3.05, 3.63) is 65.2 Å². The predicted octanol–water partition coefficient (Wildman–Crippen LogP) is 3.01. The molecule has 0 bridgehead atoms. The van der Waals surface area contributed by atoms with E-state index in [1.54, 1.807) is 49.4 Å². The standard InChI is InChI=1S/C17H18O5S/c1-12-8-10-14(11-9-12)17(3,16(18)19)22-23(20,21)15-7-5-4-6-13(15)2/h4-11H,1-3H3,(H,18,19). The first kappa shape index (κ1) is 17.2. The van der Waals surface area contributed by atoms with Gasteiger partial charge in [-0.1, -0.05) is 48.0 Å². The molecule has 23 heavy (non-hydrogen) atoms. The number of aryl methyl sites for hydroxylation is 2. The van der Waals surface area contributed by atoms with Crippen LogP contribution in [-0.2, 0) is 24.7 Å². The quantitative estimate of drug-likeness (QED) is 0.850. The fraction of sp³-hybridized carbons (Fsp3) is 0.235. The van der Waals surface area contributed by atoms with Crippen molar-refractivity contribution in [3.63, 3.8) is 0 Å². The van der Waals surface area contributed by atoms with Gasteiger partial charge in [0.2, 0.25) is 5.60 Å². The van der Waals surface area contributed by atoms with Gasteiger partial charge in [-0.05, 0) is 38.0 Å². The second kappa shape index (κ2) is 6.14. The van der Waals surface area contributed by atoms with E-state index in [1.807, 2.05) is 6.92 Å². The van der Waals surface area contributed by atoms with Crippen molar-refractivity contribution in [2.24, 2.45) is 0 Å². The van der Waals surface area contributed by atoms with Crippen LogP contribution in [0, 0.1) is 13.8 Å². The van der Waals surface area contributed by atoms with Crippen molar-refractivity contribution < 1.29 is 22.5 Å². The summed E-state index contributed by atoms with van der Waals surface area (Å²) in [5.41, 5.74) is -0.324. The van der Waals surface area contributed by atoms with Crippen molar-refractivity contribution in [3.8, 4) is 0 Å². The number of carbonyl (C=O) groups is 1. The van der Waals surface area contributed by atoms with Gasteiger partial charge in [0, 0.05) is 0 Å². The molecule has 0 spiro atoms. The molecule has 2 aromatic rings. The highest BCUT2D eigenvalue weighted by Gasteiger charge is 2.42. The molecule has 122 valence electrons. The summed E-state index contributed by atoms with van der Waals surface area (Å²) in [6.45, 7) is 4.71. The summed E-state index contributed by atoms with van der Waals surface area (Å²) in [5.74, 6) is -1.38. The molecule has 1 N–H and O–H groups in total. The Kier molecular flexibility index (Phi) is 4.58. The lowest BCUT2D eigenvalue weighted by Gasteiger charge is -2.25. The summed E-state index contributed by atoms with van der Waals surface area (Å²) in [4.78, 5) is 11.7. The van der Waals surface area contributed by atoms with E-state index < -0.39 is 21.7 Å². The fourth-order valence-electron chi connectivity index (χ4n) is 2.18. The molecule has 0 radical (unpaired) electrons. The van der Waals surface area contributed by atoms with Gasteiger partial charge in [0.15, 0.2) is 0 Å². The highest BCUT2D eigenvalue weighted by molar-refractivity contribution is 7.86. The van der Waals surface area contributed by atoms with Crippen LogP contribution < -0.4 is 0 Å². The average molecular weight is 334 g/mol. The van der Waals surface area contributed by atoms with Gasteiger partial charge >= 0.3 is 5.97 Å². The van der Waals surface area contributed by atoms with E-state index >= 15 is 0 Å². The van der Waals surface area contributed by atoms with Crippen LogP contribution in [0.25, 0.3) is 0 Å². The molecule has 1 unspecified atom stereocenters. The van der Waals surface area contributed by atoms with Crippen molar-refractivity contribution in [2.45, 2.75) is 31.3 Å². The maximum Gasteiger partial charge on any atom is 0.341 e. The monoisotopic (exact) mass is 334 g/mol. The lowest BCUT2D eigenvalue weighted by Crippen LogP contribution is -2.37. The smallest absolute Gasteiger partial charge is 0.341 e. The second-order valence-corrected chi connectivity index (χ2v) is 7.02. The Balaban J connectivity index is 2.50. The number of carboxylic acid groups (broad SMARTS) is 1. The summed E-state index contributed by atoms with van der Waals surface area (Å²) in [6, 6.07) is 12.8. The van der Waals surface area contributed by atoms with Gasteiger partial charge < -0.3 is 5.11 Å². The number of benzene rings is 2. The van der Waals surface area contributed by atoms with Gasteiger partial charge in [0.05, 0.1) is 4.90 Å². The molecule has 0 heterocycles. The van der Waals surface area contributed by atoms with E-state index in [0.29, 0.717) is 5.56 Å². The van der Waals surface area contributed by atoms with Crippen molar-refractivity contribution in [1.29, 1.82) is 0 Å². The van der Waals surface area contributed by atoms with Gasteiger partial charge in [0.1, 0.15) is 0 Å². The summed E-state index contributed by atoms with van der Waals surface area (Å²) in [6.07, 6.45) is 0. The molecular formula is C17H18O5S. The highest BCUT2D eigenvalue weighted by Crippen LogP contribution is 2.31. The van der Waals surface area contributed by atoms with E-state index in [1.165, 1.54) is 13.0 Å². The zero-order valence-electron chi connectivity index (χ0n) is 13.1. The zero-order chi connectivity index (χ0) is 17.3. The summed E-state index contributed by atoms with van der Waals surface area (Å²) < 4.78 is 30.2. The minimum absolute atomic E-state index is 0.0420. The third kappa shape index (κ3) is 3.43. The van der Waals surface area contributed by atoms with Gasteiger partial charge in [-0.3, -0.25) is 0 Å². The van der Waals surface area contributed by atoms with Crippen molar-refractivity contribution in [2.75, 3.05) is 0 Å². The topological polar surface area (TPSA) is 80.7 Å². The molecule has 0 aliphatic carbocycles. The maximum absolute atomic E-state index is 12.5. The van der Waals surface area contributed by atoms with E-state index in [2.05, 4.69) is 0 Å². The van der Waals surface area contributed by atoms with E-state index in [0.717, 1.165) is 5.56 Å². The van der Waals surface area contributed by atoms with E-state index in [4.69, 9.17) is 4.18 Å². The molecule has 6 heteroatoms. The Morgan fingerprint density at radius 3 is 2.13 bits per heavy atom. The predicted molar refractivity (Wildman–Crippen MR) is 85.6 cm³/mol. The summed E-state index contributed by atoms with van der Waals surface area (Å²) in [5, 5.41) is 9.55. The first-order chi connectivity index (χ1) is 10.7. The SMILES string of the molecule is Cc1ccc(C(C)(OS(=O)(=O)c2ccccc2C)C(=O)O)cc1. The number of rotatable bonds is 5. The number of hydrogen-bond donors (Lipinski definition) is 1. The van der Waals surface area contributed by atoms with Crippen LogP contribution >= 0.6 is 0 Å². The average Bonchev–Trinajstić information content (AvgIpc) is 2.47. The number of hydrogen-bond acceptors (Lipinski definition) is 4. The molecule has 0 aromatic heterocycles. The minimum atomic E-state index is -4.23. The van der Waals surface area contributed by atoms with Crippen LogP contribution in [0.3, 0.4) is 0 Å². The van der Waals surface area contributed by atoms with Crippen LogP contribution in [0.1, 0.15) is 23.6 Å². The molecule has 1 atom stereocenters. The first-order valence-electron chi connectivity index (χ1n) is 6.98. The Labute approximate surface area is 135 Å². The Morgan fingerprint density at radius 1 is 1.04 bits per heavy atom. The summed E-state index contributed by atoms with van der Waals surface area (Å²) >= 11 is 0. The van der Waals surface area contributed by atoms with Crippen molar-refractivity contribution in [1.82, 2.24) is 0 Å². The second-order valence-electron chi connectivity index (χ2n) is 5.51. The maximum atomic E-state index is 12.5. The largest absolute Gasteiger partial charge is 0.479 e. The third-order valence-corrected chi connectivity index (χ3v) is 5.20. The van der Waals surface area contributed by atoms with Gasteiger partial charge in [-0.2, -0.15) is 8.42 Å². The Morgan fingerprint density at radius 2 is 1.61 bits per heavy atom. The van der Waals surface area contributed by atoms with Gasteiger partial charge in [-0.15, -0.1) is 0 Å². The lowest BCUT2D eigenvalue weighted by molar-refractivity contribution is -0.154. The molecule has 0 fully saturated rings. The minimum Gasteiger partial charge on any atom is -0.479 e. The van der Waals surface area contributed by atoms with Crippen LogP contribution in [0.2, 0.25) is 0 Å². The number of carboxylic acids is 1. The van der Waals surface area contributed by atoms with Crippen molar-refractivity contribution >= 4 is 16.1 Å². The molecule has 0 saturated carbocycles. The summed E-state index contributed by atoms with van der Waals surface area (Å²) in [7, 11) is -4.23. The molecule has 2 rings (SSSR count).